The largest absolute Gasteiger partial charge is 0.481 e. The summed E-state index contributed by atoms with van der Waals surface area (Å²) in [6.45, 7) is 3.24. The molecule has 0 aliphatic rings. The molecule has 0 saturated carbocycles. The molecule has 4 unspecified atom stereocenters. The number of carboxylic acids is 3. The number of carbonyl (C=O) groups excluding carboxylic acids is 3. The van der Waals surface area contributed by atoms with E-state index in [4.69, 9.17) is 21.1 Å². The van der Waals surface area contributed by atoms with E-state index in [1.54, 1.807) is 13.8 Å². The van der Waals surface area contributed by atoms with Crippen LogP contribution in [0, 0.1) is 5.92 Å². The van der Waals surface area contributed by atoms with E-state index < -0.39 is 72.1 Å². The SMILES string of the molecule is CC(C)C(NC(=O)C(N)CCC(=O)O)C(=O)NC(CS)C(=O)NC(CCC(=O)O)C(=O)O. The third-order valence-corrected chi connectivity index (χ3v) is 4.70. The van der Waals surface area contributed by atoms with Crippen molar-refractivity contribution >= 4 is 48.3 Å². The maximum absolute atomic E-state index is 12.6. The zero-order chi connectivity index (χ0) is 25.0. The first kappa shape index (κ1) is 29.1. The van der Waals surface area contributed by atoms with Gasteiger partial charge in [0, 0.05) is 18.6 Å². The summed E-state index contributed by atoms with van der Waals surface area (Å²) in [5.41, 5.74) is 5.64. The molecular weight excluding hydrogens is 448 g/mol. The summed E-state index contributed by atoms with van der Waals surface area (Å²) < 4.78 is 0. The summed E-state index contributed by atoms with van der Waals surface area (Å²) in [5.74, 6) is -6.84. The van der Waals surface area contributed by atoms with Gasteiger partial charge in [-0.05, 0) is 18.8 Å². The van der Waals surface area contributed by atoms with Crippen LogP contribution in [0.25, 0.3) is 0 Å². The molecule has 0 bridgehead atoms. The highest BCUT2D eigenvalue weighted by molar-refractivity contribution is 7.80. The molecule has 0 saturated heterocycles. The third-order valence-electron chi connectivity index (χ3n) is 4.33. The summed E-state index contributed by atoms with van der Waals surface area (Å²) in [4.78, 5) is 69.7. The summed E-state index contributed by atoms with van der Waals surface area (Å²) in [6.07, 6.45) is -1.31. The van der Waals surface area contributed by atoms with Gasteiger partial charge in [-0.15, -0.1) is 0 Å². The molecule has 0 radical (unpaired) electrons. The van der Waals surface area contributed by atoms with E-state index in [1.165, 1.54) is 0 Å². The first-order chi connectivity index (χ1) is 14.8. The zero-order valence-corrected chi connectivity index (χ0v) is 18.6. The van der Waals surface area contributed by atoms with Crippen molar-refractivity contribution in [3.05, 3.63) is 0 Å². The first-order valence-electron chi connectivity index (χ1n) is 9.74. The molecule has 14 heteroatoms. The van der Waals surface area contributed by atoms with Crippen LogP contribution in [0.15, 0.2) is 0 Å². The molecule has 8 N–H and O–H groups in total. The number of amides is 3. The zero-order valence-electron chi connectivity index (χ0n) is 17.7. The van der Waals surface area contributed by atoms with E-state index in [1.807, 2.05) is 0 Å². The van der Waals surface area contributed by atoms with Crippen molar-refractivity contribution in [2.24, 2.45) is 11.7 Å². The number of carboxylic acid groups (broad SMARTS) is 3. The molecule has 0 aromatic rings. The molecule has 4 atom stereocenters. The number of hydrogen-bond donors (Lipinski definition) is 8. The van der Waals surface area contributed by atoms with E-state index in [9.17, 15) is 28.8 Å². The van der Waals surface area contributed by atoms with Gasteiger partial charge in [0.1, 0.15) is 18.1 Å². The molecule has 182 valence electrons. The van der Waals surface area contributed by atoms with Gasteiger partial charge in [-0.25, -0.2) is 4.79 Å². The molecule has 0 aromatic carbocycles. The van der Waals surface area contributed by atoms with E-state index in [-0.39, 0.29) is 25.0 Å². The van der Waals surface area contributed by atoms with Gasteiger partial charge in [0.05, 0.1) is 6.04 Å². The van der Waals surface area contributed by atoms with Gasteiger partial charge in [0.25, 0.3) is 0 Å². The second kappa shape index (κ2) is 14.2. The lowest BCUT2D eigenvalue weighted by Gasteiger charge is -2.26. The average Bonchev–Trinajstić information content (AvgIpc) is 2.69. The molecule has 13 nitrogen and oxygen atoms in total. The normalized spacial score (nSPS) is 14.5. The number of nitrogens with one attached hydrogen (secondary N) is 3. The molecular formula is C18H30N4O9S. The smallest absolute Gasteiger partial charge is 0.326 e. The molecule has 0 spiro atoms. The summed E-state index contributed by atoms with van der Waals surface area (Å²) in [6, 6.07) is -5.02. The second-order valence-corrected chi connectivity index (χ2v) is 7.71. The van der Waals surface area contributed by atoms with Crippen LogP contribution >= 0.6 is 12.6 Å². The Morgan fingerprint density at radius 3 is 1.72 bits per heavy atom. The minimum atomic E-state index is -1.48. The van der Waals surface area contributed by atoms with Gasteiger partial charge in [0.15, 0.2) is 0 Å². The fraction of sp³-hybridized carbons (Fsp3) is 0.667. The molecule has 0 aliphatic carbocycles. The molecule has 0 fully saturated rings. The van der Waals surface area contributed by atoms with Crippen molar-refractivity contribution in [1.82, 2.24) is 16.0 Å². The van der Waals surface area contributed by atoms with Crippen LogP contribution in [0.5, 0.6) is 0 Å². The molecule has 0 aromatic heterocycles. The summed E-state index contributed by atoms with van der Waals surface area (Å²) in [5, 5.41) is 33.5. The number of thiol groups is 1. The van der Waals surface area contributed by atoms with E-state index in [0.29, 0.717) is 0 Å². The van der Waals surface area contributed by atoms with Gasteiger partial charge in [-0.3, -0.25) is 24.0 Å². The lowest BCUT2D eigenvalue weighted by molar-refractivity contribution is -0.143. The highest BCUT2D eigenvalue weighted by Crippen LogP contribution is 2.06. The Balaban J connectivity index is 5.14. The van der Waals surface area contributed by atoms with Gasteiger partial charge < -0.3 is 37.0 Å². The highest BCUT2D eigenvalue weighted by atomic mass is 32.1. The molecule has 32 heavy (non-hydrogen) atoms. The Bertz CT molecular complexity index is 717. The van der Waals surface area contributed by atoms with Crippen LogP contribution in [-0.4, -0.2) is 80.9 Å². The number of aliphatic carboxylic acids is 3. The van der Waals surface area contributed by atoms with Gasteiger partial charge in [-0.1, -0.05) is 13.8 Å². The lowest BCUT2D eigenvalue weighted by atomic mass is 10.0. The number of rotatable bonds is 15. The predicted octanol–water partition coefficient (Wildman–Crippen LogP) is -1.83. The lowest BCUT2D eigenvalue weighted by Crippen LogP contribution is -2.58. The summed E-state index contributed by atoms with van der Waals surface area (Å²) in [7, 11) is 0. The Labute approximate surface area is 189 Å². The van der Waals surface area contributed by atoms with Crippen LogP contribution in [0.4, 0.5) is 0 Å². The van der Waals surface area contributed by atoms with Gasteiger partial charge in [-0.2, -0.15) is 12.6 Å². The van der Waals surface area contributed by atoms with Crippen LogP contribution in [0.3, 0.4) is 0 Å². The second-order valence-electron chi connectivity index (χ2n) is 7.34. The fourth-order valence-electron chi connectivity index (χ4n) is 2.46. The van der Waals surface area contributed by atoms with E-state index in [0.717, 1.165) is 0 Å². The number of hydrogen-bond acceptors (Lipinski definition) is 8. The van der Waals surface area contributed by atoms with Crippen molar-refractivity contribution in [2.75, 3.05) is 5.75 Å². The van der Waals surface area contributed by atoms with Crippen LogP contribution < -0.4 is 21.7 Å². The maximum Gasteiger partial charge on any atom is 0.326 e. The first-order valence-corrected chi connectivity index (χ1v) is 10.4. The van der Waals surface area contributed by atoms with Crippen LogP contribution in [0.1, 0.15) is 39.5 Å². The quantitative estimate of drug-likeness (QED) is 0.123. The maximum atomic E-state index is 12.6. The third kappa shape index (κ3) is 10.9. The Hall–Kier alpha value is -2.87. The van der Waals surface area contributed by atoms with Crippen LogP contribution in [-0.2, 0) is 28.8 Å². The van der Waals surface area contributed by atoms with Gasteiger partial charge in [0.2, 0.25) is 17.7 Å². The highest BCUT2D eigenvalue weighted by Gasteiger charge is 2.31. The number of carbonyl (C=O) groups is 6. The Morgan fingerprint density at radius 2 is 1.28 bits per heavy atom. The predicted molar refractivity (Wildman–Crippen MR) is 114 cm³/mol. The van der Waals surface area contributed by atoms with Crippen molar-refractivity contribution in [2.45, 2.75) is 63.7 Å². The van der Waals surface area contributed by atoms with Crippen molar-refractivity contribution in [3.63, 3.8) is 0 Å². The van der Waals surface area contributed by atoms with Gasteiger partial charge >= 0.3 is 17.9 Å². The summed E-state index contributed by atoms with van der Waals surface area (Å²) >= 11 is 3.98. The fourth-order valence-corrected chi connectivity index (χ4v) is 2.72. The van der Waals surface area contributed by atoms with E-state index >= 15 is 0 Å². The van der Waals surface area contributed by atoms with Crippen LogP contribution in [0.2, 0.25) is 0 Å². The molecule has 3 amide bonds. The molecule has 0 heterocycles. The Kier molecular flexibility index (Phi) is 13.0. The minimum Gasteiger partial charge on any atom is -0.481 e. The topological polar surface area (TPSA) is 225 Å². The minimum absolute atomic E-state index is 0.137. The van der Waals surface area contributed by atoms with Crippen molar-refractivity contribution in [3.8, 4) is 0 Å². The Morgan fingerprint density at radius 1 is 0.781 bits per heavy atom. The number of nitrogens with two attached hydrogens (primary N) is 1. The molecule has 0 aliphatic heterocycles. The average molecular weight is 479 g/mol. The monoisotopic (exact) mass is 478 g/mol. The standard InChI is InChI=1S/C18H30N4O9S/c1-8(2)14(22-15(27)9(19)3-5-12(23)24)17(29)21-11(7-32)16(28)20-10(18(30)31)4-6-13(25)26/h8-11,14,32H,3-7,19H2,1-2H3,(H,20,28)(H,21,29)(H,22,27)(H,23,24)(H,25,26)(H,30,31). The van der Waals surface area contributed by atoms with E-state index in [2.05, 4.69) is 28.6 Å². The van der Waals surface area contributed by atoms with Crippen molar-refractivity contribution < 1.29 is 44.1 Å². The van der Waals surface area contributed by atoms with Crippen molar-refractivity contribution in [1.29, 1.82) is 0 Å². The molecule has 0 rings (SSSR count).